The Morgan fingerprint density at radius 2 is 2.24 bits per heavy atom. The predicted molar refractivity (Wildman–Crippen MR) is 70.1 cm³/mol. The molecular weight excluding hydrogens is 212 g/mol. The van der Waals surface area contributed by atoms with Crippen LogP contribution in [0.5, 0.6) is 0 Å². The summed E-state index contributed by atoms with van der Waals surface area (Å²) in [6, 6.07) is 6.62. The predicted octanol–water partition coefficient (Wildman–Crippen LogP) is 1.88. The molecule has 2 rings (SSSR count). The molecule has 1 unspecified atom stereocenters. The van der Waals surface area contributed by atoms with Crippen molar-refractivity contribution in [2.45, 2.75) is 38.6 Å². The van der Waals surface area contributed by atoms with E-state index in [1.807, 2.05) is 14.0 Å². The zero-order chi connectivity index (χ0) is 12.4. The third-order valence-corrected chi connectivity index (χ3v) is 3.35. The number of likely N-dealkylation sites (N-methyl/N-ethyl adjacent to an activating group) is 1. The maximum absolute atomic E-state index is 11.6. The SMILES string of the molecule is CC(N)CCCc1ccc2c(c1)CC(=O)N2C. The summed E-state index contributed by atoms with van der Waals surface area (Å²) in [6.45, 7) is 2.04. The molecule has 3 nitrogen and oxygen atoms in total. The Morgan fingerprint density at radius 1 is 1.47 bits per heavy atom. The van der Waals surface area contributed by atoms with Gasteiger partial charge in [-0.05, 0) is 43.4 Å². The van der Waals surface area contributed by atoms with Crippen LogP contribution in [0, 0.1) is 0 Å². The van der Waals surface area contributed by atoms with Gasteiger partial charge in [0.1, 0.15) is 0 Å². The number of aryl methyl sites for hydroxylation is 1. The number of fused-ring (bicyclic) bond motifs is 1. The van der Waals surface area contributed by atoms with Gasteiger partial charge in [0.25, 0.3) is 0 Å². The van der Waals surface area contributed by atoms with E-state index in [1.165, 1.54) is 5.56 Å². The molecule has 0 radical (unpaired) electrons. The molecule has 3 heteroatoms. The molecule has 92 valence electrons. The Morgan fingerprint density at radius 3 is 2.94 bits per heavy atom. The van der Waals surface area contributed by atoms with Gasteiger partial charge < -0.3 is 10.6 Å². The smallest absolute Gasteiger partial charge is 0.231 e. The van der Waals surface area contributed by atoms with Gasteiger partial charge in [0.2, 0.25) is 5.91 Å². The van der Waals surface area contributed by atoms with E-state index in [0.29, 0.717) is 6.42 Å². The highest BCUT2D eigenvalue weighted by Gasteiger charge is 2.23. The van der Waals surface area contributed by atoms with E-state index in [1.54, 1.807) is 4.90 Å². The van der Waals surface area contributed by atoms with Crippen LogP contribution in [0.3, 0.4) is 0 Å². The second-order valence-corrected chi connectivity index (χ2v) is 4.96. The van der Waals surface area contributed by atoms with Crippen molar-refractivity contribution in [3.63, 3.8) is 0 Å². The first-order valence-corrected chi connectivity index (χ1v) is 6.22. The molecule has 0 fully saturated rings. The molecule has 0 aliphatic carbocycles. The Labute approximate surface area is 103 Å². The first-order valence-electron chi connectivity index (χ1n) is 6.22. The van der Waals surface area contributed by atoms with Crippen molar-refractivity contribution >= 4 is 11.6 Å². The fourth-order valence-corrected chi connectivity index (χ4v) is 2.31. The molecule has 1 heterocycles. The number of anilines is 1. The second-order valence-electron chi connectivity index (χ2n) is 4.96. The number of carbonyl (C=O) groups is 1. The van der Waals surface area contributed by atoms with Crippen molar-refractivity contribution in [3.05, 3.63) is 29.3 Å². The highest BCUT2D eigenvalue weighted by molar-refractivity contribution is 6.00. The van der Waals surface area contributed by atoms with Gasteiger partial charge >= 0.3 is 0 Å². The molecule has 0 aromatic heterocycles. The number of benzene rings is 1. The number of carbonyl (C=O) groups excluding carboxylic acids is 1. The monoisotopic (exact) mass is 232 g/mol. The summed E-state index contributed by atoms with van der Waals surface area (Å²) in [5.41, 5.74) is 9.27. The number of amides is 1. The summed E-state index contributed by atoms with van der Waals surface area (Å²) >= 11 is 0. The molecular formula is C14H20N2O. The Bertz CT molecular complexity index is 426. The molecule has 1 aromatic rings. The number of hydrogen-bond acceptors (Lipinski definition) is 2. The van der Waals surface area contributed by atoms with Crippen molar-refractivity contribution in [1.29, 1.82) is 0 Å². The summed E-state index contributed by atoms with van der Waals surface area (Å²) in [4.78, 5) is 13.3. The molecule has 1 aliphatic rings. The second kappa shape index (κ2) is 4.88. The van der Waals surface area contributed by atoms with Gasteiger partial charge in [-0.15, -0.1) is 0 Å². The fraction of sp³-hybridized carbons (Fsp3) is 0.500. The zero-order valence-electron chi connectivity index (χ0n) is 10.6. The van der Waals surface area contributed by atoms with E-state index in [2.05, 4.69) is 18.2 Å². The van der Waals surface area contributed by atoms with E-state index in [4.69, 9.17) is 5.73 Å². The lowest BCUT2D eigenvalue weighted by molar-refractivity contribution is -0.117. The average molecular weight is 232 g/mol. The van der Waals surface area contributed by atoms with E-state index in [0.717, 1.165) is 30.5 Å². The van der Waals surface area contributed by atoms with Crippen molar-refractivity contribution in [1.82, 2.24) is 0 Å². The summed E-state index contributed by atoms with van der Waals surface area (Å²) in [5.74, 6) is 0.188. The third-order valence-electron chi connectivity index (χ3n) is 3.35. The van der Waals surface area contributed by atoms with Crippen molar-refractivity contribution < 1.29 is 4.79 Å². The lowest BCUT2D eigenvalue weighted by Gasteiger charge is -2.10. The largest absolute Gasteiger partial charge is 0.328 e. The summed E-state index contributed by atoms with van der Waals surface area (Å²) in [5, 5.41) is 0. The molecule has 1 amide bonds. The lowest BCUT2D eigenvalue weighted by atomic mass is 10.0. The highest BCUT2D eigenvalue weighted by Crippen LogP contribution is 2.28. The normalized spacial score (nSPS) is 16.2. The van der Waals surface area contributed by atoms with E-state index in [9.17, 15) is 4.79 Å². The lowest BCUT2D eigenvalue weighted by Crippen LogP contribution is -2.20. The van der Waals surface area contributed by atoms with Gasteiger partial charge in [-0.2, -0.15) is 0 Å². The van der Waals surface area contributed by atoms with Gasteiger partial charge in [0.15, 0.2) is 0 Å². The summed E-state index contributed by atoms with van der Waals surface area (Å²) < 4.78 is 0. The topological polar surface area (TPSA) is 46.3 Å². The Balaban J connectivity index is 2.03. The molecule has 0 saturated carbocycles. The van der Waals surface area contributed by atoms with Gasteiger partial charge in [0.05, 0.1) is 6.42 Å². The number of nitrogens with two attached hydrogens (primary N) is 1. The van der Waals surface area contributed by atoms with E-state index < -0.39 is 0 Å². The van der Waals surface area contributed by atoms with Crippen LogP contribution in [0.2, 0.25) is 0 Å². The van der Waals surface area contributed by atoms with Crippen LogP contribution in [0.15, 0.2) is 18.2 Å². The molecule has 0 saturated heterocycles. The van der Waals surface area contributed by atoms with Crippen molar-refractivity contribution in [2.24, 2.45) is 5.73 Å². The molecule has 1 aliphatic heterocycles. The average Bonchev–Trinajstić information content (AvgIpc) is 2.54. The Hall–Kier alpha value is -1.35. The van der Waals surface area contributed by atoms with E-state index in [-0.39, 0.29) is 11.9 Å². The molecule has 1 atom stereocenters. The first kappa shape index (κ1) is 12.1. The van der Waals surface area contributed by atoms with Crippen LogP contribution in [0.4, 0.5) is 5.69 Å². The van der Waals surface area contributed by atoms with Crippen LogP contribution < -0.4 is 10.6 Å². The third kappa shape index (κ3) is 2.67. The van der Waals surface area contributed by atoms with Gasteiger partial charge in [-0.25, -0.2) is 0 Å². The van der Waals surface area contributed by atoms with Crippen molar-refractivity contribution in [3.8, 4) is 0 Å². The zero-order valence-corrected chi connectivity index (χ0v) is 10.6. The van der Waals surface area contributed by atoms with Crippen LogP contribution in [0.1, 0.15) is 30.9 Å². The first-order chi connectivity index (χ1) is 8.08. The van der Waals surface area contributed by atoms with Crippen LogP contribution in [-0.2, 0) is 17.6 Å². The van der Waals surface area contributed by atoms with Gasteiger partial charge in [-0.3, -0.25) is 4.79 Å². The van der Waals surface area contributed by atoms with Gasteiger partial charge in [-0.1, -0.05) is 12.1 Å². The Kier molecular flexibility index (Phi) is 3.48. The molecule has 1 aromatic carbocycles. The molecule has 17 heavy (non-hydrogen) atoms. The maximum Gasteiger partial charge on any atom is 0.231 e. The standard InChI is InChI=1S/C14H20N2O/c1-10(15)4-3-5-11-6-7-13-12(8-11)9-14(17)16(13)2/h6-8,10H,3-5,9,15H2,1-2H3. The maximum atomic E-state index is 11.6. The number of rotatable bonds is 4. The number of hydrogen-bond donors (Lipinski definition) is 1. The summed E-state index contributed by atoms with van der Waals surface area (Å²) in [6.07, 6.45) is 3.76. The molecule has 2 N–H and O–H groups in total. The van der Waals surface area contributed by atoms with Crippen LogP contribution in [-0.4, -0.2) is 19.0 Å². The minimum atomic E-state index is 0.188. The molecule has 0 bridgehead atoms. The highest BCUT2D eigenvalue weighted by atomic mass is 16.2. The molecule has 0 spiro atoms. The van der Waals surface area contributed by atoms with Crippen LogP contribution >= 0.6 is 0 Å². The van der Waals surface area contributed by atoms with Crippen molar-refractivity contribution in [2.75, 3.05) is 11.9 Å². The summed E-state index contributed by atoms with van der Waals surface area (Å²) in [7, 11) is 1.84. The minimum absolute atomic E-state index is 0.188. The number of nitrogens with zero attached hydrogens (tertiary/aromatic N) is 1. The quantitative estimate of drug-likeness (QED) is 0.861. The minimum Gasteiger partial charge on any atom is -0.328 e. The van der Waals surface area contributed by atoms with Gasteiger partial charge in [0, 0.05) is 18.8 Å². The fourth-order valence-electron chi connectivity index (χ4n) is 2.31. The van der Waals surface area contributed by atoms with Crippen LogP contribution in [0.25, 0.3) is 0 Å². The van der Waals surface area contributed by atoms with E-state index >= 15 is 0 Å².